The van der Waals surface area contributed by atoms with Crippen LogP contribution in [-0.2, 0) is 9.53 Å². The summed E-state index contributed by atoms with van der Waals surface area (Å²) in [6.07, 6.45) is 3.31. The largest absolute Gasteiger partial charge is 0.383 e. The van der Waals surface area contributed by atoms with Crippen LogP contribution in [0, 0.1) is 5.92 Å². The van der Waals surface area contributed by atoms with Crippen molar-refractivity contribution >= 4 is 5.91 Å². The van der Waals surface area contributed by atoms with E-state index in [1.54, 1.807) is 18.5 Å². The van der Waals surface area contributed by atoms with Gasteiger partial charge in [0.15, 0.2) is 0 Å². The second-order valence-electron chi connectivity index (χ2n) is 5.49. The van der Waals surface area contributed by atoms with Crippen molar-refractivity contribution in [1.82, 2.24) is 20.4 Å². The van der Waals surface area contributed by atoms with Crippen molar-refractivity contribution in [2.24, 2.45) is 11.7 Å². The molecule has 0 saturated carbocycles. The highest BCUT2D eigenvalue weighted by atomic mass is 16.5. The average Bonchev–Trinajstić information content (AvgIpc) is 3.02. The van der Waals surface area contributed by atoms with Crippen molar-refractivity contribution in [3.63, 3.8) is 0 Å². The van der Waals surface area contributed by atoms with Crippen molar-refractivity contribution in [3.8, 4) is 11.4 Å². The Morgan fingerprint density at radius 3 is 2.87 bits per heavy atom. The van der Waals surface area contributed by atoms with Gasteiger partial charge in [-0.15, -0.1) is 0 Å². The van der Waals surface area contributed by atoms with Crippen molar-refractivity contribution < 1.29 is 14.1 Å². The third kappa shape index (κ3) is 4.33. The van der Waals surface area contributed by atoms with Crippen LogP contribution < -0.4 is 11.1 Å². The van der Waals surface area contributed by atoms with Crippen LogP contribution in [0.25, 0.3) is 11.4 Å². The number of pyridine rings is 1. The fourth-order valence-corrected chi connectivity index (χ4v) is 2.00. The first kappa shape index (κ1) is 17.0. The van der Waals surface area contributed by atoms with Crippen LogP contribution >= 0.6 is 0 Å². The summed E-state index contributed by atoms with van der Waals surface area (Å²) in [6, 6.07) is 2.45. The topological polar surface area (TPSA) is 116 Å². The minimum absolute atomic E-state index is 0.0518. The first-order valence-corrected chi connectivity index (χ1v) is 7.31. The van der Waals surface area contributed by atoms with Gasteiger partial charge in [0.2, 0.25) is 17.6 Å². The zero-order valence-electron chi connectivity index (χ0n) is 13.4. The molecule has 124 valence electrons. The molecule has 2 atom stereocenters. The number of aromatic nitrogens is 3. The summed E-state index contributed by atoms with van der Waals surface area (Å²) < 4.78 is 10.2. The summed E-state index contributed by atoms with van der Waals surface area (Å²) in [7, 11) is 1.49. The molecule has 0 aliphatic carbocycles. The number of carbonyl (C=O) groups excluding carboxylic acids is 1. The Balaban J connectivity index is 2.16. The molecule has 8 nitrogen and oxygen atoms in total. The lowest BCUT2D eigenvalue weighted by atomic mass is 10.0. The van der Waals surface area contributed by atoms with Crippen LogP contribution in [0.5, 0.6) is 0 Å². The summed E-state index contributed by atoms with van der Waals surface area (Å²) in [4.78, 5) is 20.5. The molecule has 0 spiro atoms. The molecule has 2 aromatic heterocycles. The van der Waals surface area contributed by atoms with Gasteiger partial charge in [0.05, 0.1) is 6.61 Å². The zero-order chi connectivity index (χ0) is 16.8. The van der Waals surface area contributed by atoms with Gasteiger partial charge >= 0.3 is 0 Å². The van der Waals surface area contributed by atoms with Gasteiger partial charge in [-0.1, -0.05) is 19.0 Å². The van der Waals surface area contributed by atoms with E-state index >= 15 is 0 Å². The Kier molecular flexibility index (Phi) is 5.78. The molecular weight excluding hydrogens is 298 g/mol. The number of rotatable bonds is 7. The monoisotopic (exact) mass is 319 g/mol. The van der Waals surface area contributed by atoms with Crippen LogP contribution in [0.4, 0.5) is 0 Å². The van der Waals surface area contributed by atoms with Gasteiger partial charge in [-0.05, 0) is 18.1 Å². The van der Waals surface area contributed by atoms with Crippen LogP contribution in [0.2, 0.25) is 0 Å². The standard InChI is InChI=1S/C15H21N5O3/c1-9(2)12(18-14(21)11(16)8-22-3)15-19-13(20-23-15)10-5-4-6-17-7-10/h4-7,9,11-12H,8,16H2,1-3H3,(H,18,21). The third-order valence-electron chi connectivity index (χ3n) is 3.27. The molecule has 2 aromatic rings. The van der Waals surface area contributed by atoms with E-state index in [0.29, 0.717) is 11.7 Å². The second kappa shape index (κ2) is 7.80. The minimum atomic E-state index is -0.748. The van der Waals surface area contributed by atoms with Gasteiger partial charge < -0.3 is 20.3 Å². The number of carbonyl (C=O) groups is 1. The first-order valence-electron chi connectivity index (χ1n) is 7.31. The Hall–Kier alpha value is -2.32. The molecule has 1 amide bonds. The molecule has 2 rings (SSSR count). The molecule has 3 N–H and O–H groups in total. The Morgan fingerprint density at radius 1 is 1.48 bits per heavy atom. The highest BCUT2D eigenvalue weighted by Gasteiger charge is 2.26. The quantitative estimate of drug-likeness (QED) is 0.779. The molecular formula is C15H21N5O3. The van der Waals surface area contributed by atoms with Crippen molar-refractivity contribution in [2.45, 2.75) is 25.9 Å². The van der Waals surface area contributed by atoms with E-state index in [2.05, 4.69) is 20.4 Å². The normalized spacial score (nSPS) is 13.8. The van der Waals surface area contributed by atoms with E-state index in [1.165, 1.54) is 7.11 Å². The van der Waals surface area contributed by atoms with Crippen LogP contribution in [0.1, 0.15) is 25.8 Å². The maximum Gasteiger partial charge on any atom is 0.249 e. The molecule has 2 unspecified atom stereocenters. The van der Waals surface area contributed by atoms with Crippen LogP contribution in [0.15, 0.2) is 29.0 Å². The fourth-order valence-electron chi connectivity index (χ4n) is 2.00. The molecule has 0 radical (unpaired) electrons. The Bertz CT molecular complexity index is 629. The molecule has 0 saturated heterocycles. The van der Waals surface area contributed by atoms with E-state index in [-0.39, 0.29) is 18.4 Å². The summed E-state index contributed by atoms with van der Waals surface area (Å²) in [5, 5.41) is 6.77. The maximum atomic E-state index is 12.1. The summed E-state index contributed by atoms with van der Waals surface area (Å²) >= 11 is 0. The number of ether oxygens (including phenoxy) is 1. The highest BCUT2D eigenvalue weighted by molar-refractivity contribution is 5.82. The van der Waals surface area contributed by atoms with E-state index in [1.807, 2.05) is 19.9 Å². The zero-order valence-corrected chi connectivity index (χ0v) is 13.4. The van der Waals surface area contributed by atoms with Crippen molar-refractivity contribution in [3.05, 3.63) is 30.4 Å². The molecule has 0 aliphatic rings. The molecule has 0 fully saturated rings. The van der Waals surface area contributed by atoms with Crippen molar-refractivity contribution in [1.29, 1.82) is 0 Å². The fraction of sp³-hybridized carbons (Fsp3) is 0.467. The number of nitrogens with two attached hydrogens (primary N) is 1. The van der Waals surface area contributed by atoms with Gasteiger partial charge in [-0.25, -0.2) is 0 Å². The molecule has 8 heteroatoms. The van der Waals surface area contributed by atoms with Gasteiger partial charge in [0.25, 0.3) is 0 Å². The molecule has 23 heavy (non-hydrogen) atoms. The Morgan fingerprint density at radius 2 is 2.26 bits per heavy atom. The van der Waals surface area contributed by atoms with Gasteiger partial charge in [0.1, 0.15) is 12.1 Å². The van der Waals surface area contributed by atoms with E-state index in [0.717, 1.165) is 5.56 Å². The minimum Gasteiger partial charge on any atom is -0.383 e. The predicted molar refractivity (Wildman–Crippen MR) is 83.1 cm³/mol. The Labute approximate surface area is 134 Å². The summed E-state index contributed by atoms with van der Waals surface area (Å²) in [5.41, 5.74) is 6.48. The number of methoxy groups -OCH3 is 1. The number of nitrogens with zero attached hydrogens (tertiary/aromatic N) is 3. The molecule has 0 bridgehead atoms. The van der Waals surface area contributed by atoms with Gasteiger partial charge in [-0.3, -0.25) is 9.78 Å². The predicted octanol–water partition coefficient (Wildman–Crippen LogP) is 0.919. The molecule has 0 aliphatic heterocycles. The number of nitrogens with one attached hydrogen (secondary N) is 1. The first-order chi connectivity index (χ1) is 11.0. The lowest BCUT2D eigenvalue weighted by molar-refractivity contribution is -0.124. The van der Waals surface area contributed by atoms with E-state index < -0.39 is 12.1 Å². The summed E-state index contributed by atoms with van der Waals surface area (Å²) in [6.45, 7) is 4.03. The maximum absolute atomic E-state index is 12.1. The van der Waals surface area contributed by atoms with E-state index in [4.69, 9.17) is 15.0 Å². The highest BCUT2D eigenvalue weighted by Crippen LogP contribution is 2.23. The molecule has 2 heterocycles. The second-order valence-corrected chi connectivity index (χ2v) is 5.49. The van der Waals surface area contributed by atoms with E-state index in [9.17, 15) is 4.79 Å². The lowest BCUT2D eigenvalue weighted by Crippen LogP contribution is -2.45. The lowest BCUT2D eigenvalue weighted by Gasteiger charge is -2.20. The molecule has 0 aromatic carbocycles. The number of amides is 1. The SMILES string of the molecule is COCC(N)C(=O)NC(c1nc(-c2cccnc2)no1)C(C)C. The summed E-state index contributed by atoms with van der Waals surface area (Å²) in [5.74, 6) is 0.480. The van der Waals surface area contributed by atoms with Gasteiger partial charge in [-0.2, -0.15) is 4.98 Å². The average molecular weight is 319 g/mol. The number of hydrogen-bond donors (Lipinski definition) is 2. The number of hydrogen-bond acceptors (Lipinski definition) is 7. The van der Waals surface area contributed by atoms with Crippen molar-refractivity contribution in [2.75, 3.05) is 13.7 Å². The third-order valence-corrected chi connectivity index (χ3v) is 3.27. The van der Waals surface area contributed by atoms with Crippen LogP contribution in [-0.4, -0.2) is 40.8 Å². The van der Waals surface area contributed by atoms with Gasteiger partial charge in [0, 0.05) is 25.1 Å². The van der Waals surface area contributed by atoms with Crippen LogP contribution in [0.3, 0.4) is 0 Å². The smallest absolute Gasteiger partial charge is 0.249 e.